The summed E-state index contributed by atoms with van der Waals surface area (Å²) >= 11 is 1.42. The van der Waals surface area contributed by atoms with Gasteiger partial charge in [0.2, 0.25) is 11.7 Å². The van der Waals surface area contributed by atoms with Gasteiger partial charge < -0.3 is 4.90 Å². The van der Waals surface area contributed by atoms with E-state index < -0.39 is 0 Å². The van der Waals surface area contributed by atoms with Crippen LogP contribution < -0.4 is 5.56 Å². The predicted octanol–water partition coefficient (Wildman–Crippen LogP) is 3.73. The van der Waals surface area contributed by atoms with Crippen LogP contribution in [0.1, 0.15) is 52.9 Å². The van der Waals surface area contributed by atoms with Gasteiger partial charge in [-0.05, 0) is 51.2 Å². The van der Waals surface area contributed by atoms with E-state index in [1.54, 1.807) is 4.57 Å². The minimum Gasteiger partial charge on any atom is -0.339 e. The van der Waals surface area contributed by atoms with Crippen molar-refractivity contribution in [1.29, 1.82) is 0 Å². The summed E-state index contributed by atoms with van der Waals surface area (Å²) in [5.41, 5.74) is 0.730. The summed E-state index contributed by atoms with van der Waals surface area (Å²) in [6.07, 6.45) is 5.17. The Morgan fingerprint density at radius 3 is 2.80 bits per heavy atom. The maximum absolute atomic E-state index is 13.2. The highest BCUT2D eigenvalue weighted by Crippen LogP contribution is 2.28. The Morgan fingerprint density at radius 2 is 2.03 bits per heavy atom. The second kappa shape index (κ2) is 8.79. The molecule has 1 fully saturated rings. The Balaban J connectivity index is 1.73. The molecule has 2 aromatic heterocycles. The van der Waals surface area contributed by atoms with Crippen molar-refractivity contribution in [1.82, 2.24) is 24.1 Å². The smallest absolute Gasteiger partial charge is 0.262 e. The van der Waals surface area contributed by atoms with Crippen molar-refractivity contribution >= 4 is 34.3 Å². The molecule has 0 saturated carbocycles. The maximum atomic E-state index is 13.2. The lowest BCUT2D eigenvalue weighted by Crippen LogP contribution is -2.46. The maximum Gasteiger partial charge on any atom is 0.262 e. The van der Waals surface area contributed by atoms with Crippen molar-refractivity contribution in [3.8, 4) is 0 Å². The minimum absolute atomic E-state index is 0.0490. The summed E-state index contributed by atoms with van der Waals surface area (Å²) in [6, 6.07) is 7.87. The highest BCUT2D eigenvalue weighted by atomic mass is 32.2. The van der Waals surface area contributed by atoms with E-state index >= 15 is 0 Å². The van der Waals surface area contributed by atoms with Crippen LogP contribution in [0.2, 0.25) is 0 Å². The molecular formula is C22H29N5O2S. The van der Waals surface area contributed by atoms with Gasteiger partial charge in [0.15, 0.2) is 5.16 Å². The zero-order valence-electron chi connectivity index (χ0n) is 17.9. The van der Waals surface area contributed by atoms with Crippen molar-refractivity contribution in [3.63, 3.8) is 0 Å². The molecule has 2 atom stereocenters. The highest BCUT2D eigenvalue weighted by molar-refractivity contribution is 8.00. The monoisotopic (exact) mass is 427 g/mol. The number of piperidine rings is 1. The Labute approximate surface area is 180 Å². The van der Waals surface area contributed by atoms with Crippen molar-refractivity contribution in [2.75, 3.05) is 6.54 Å². The second-order valence-corrected chi connectivity index (χ2v) is 9.25. The molecule has 1 aromatic carbocycles. The van der Waals surface area contributed by atoms with Gasteiger partial charge >= 0.3 is 0 Å². The topological polar surface area (TPSA) is 72.5 Å². The van der Waals surface area contributed by atoms with Crippen molar-refractivity contribution in [2.24, 2.45) is 0 Å². The number of aromatic nitrogens is 4. The number of fused-ring (bicyclic) bond motifs is 3. The van der Waals surface area contributed by atoms with Crippen LogP contribution in [0.4, 0.5) is 0 Å². The third-order valence-electron chi connectivity index (χ3n) is 5.94. The normalized spacial score (nSPS) is 18.2. The first kappa shape index (κ1) is 20.9. The van der Waals surface area contributed by atoms with Gasteiger partial charge in [0.25, 0.3) is 5.56 Å². The lowest BCUT2D eigenvalue weighted by Gasteiger charge is -2.36. The number of aryl methyl sites for hydroxylation is 1. The third-order valence-corrected chi connectivity index (χ3v) is 6.97. The van der Waals surface area contributed by atoms with E-state index in [4.69, 9.17) is 0 Å². The number of nitrogens with zero attached hydrogens (tertiary/aromatic N) is 5. The molecule has 2 unspecified atom stereocenters. The van der Waals surface area contributed by atoms with E-state index in [1.165, 1.54) is 18.2 Å². The summed E-state index contributed by atoms with van der Waals surface area (Å²) in [5, 5.41) is 9.74. The average molecular weight is 428 g/mol. The van der Waals surface area contributed by atoms with Crippen molar-refractivity contribution in [2.45, 2.75) is 75.9 Å². The fourth-order valence-corrected chi connectivity index (χ4v) is 5.32. The molecule has 4 rings (SSSR count). The zero-order valence-corrected chi connectivity index (χ0v) is 18.7. The molecule has 30 heavy (non-hydrogen) atoms. The van der Waals surface area contributed by atoms with E-state index in [0.717, 1.165) is 37.7 Å². The molecule has 160 valence electrons. The van der Waals surface area contributed by atoms with Crippen molar-refractivity contribution < 1.29 is 4.79 Å². The summed E-state index contributed by atoms with van der Waals surface area (Å²) in [5.74, 6) is 0.696. The summed E-state index contributed by atoms with van der Waals surface area (Å²) < 4.78 is 3.61. The number of thioether (sulfide) groups is 1. The van der Waals surface area contributed by atoms with E-state index in [9.17, 15) is 9.59 Å². The first-order valence-corrected chi connectivity index (χ1v) is 11.8. The Hall–Kier alpha value is -2.35. The SMILES string of the molecule is CCCn1c(=O)c2ccccc2n2c(SC(C)C(=O)N3CCCCC3CC)nnc12. The van der Waals surface area contributed by atoms with Gasteiger partial charge in [0, 0.05) is 19.1 Å². The number of para-hydroxylation sites is 1. The molecule has 1 aliphatic heterocycles. The molecule has 1 saturated heterocycles. The standard InChI is InChI=1S/C22H29N5O2S/c1-4-13-26-20(29)17-11-6-7-12-18(17)27-21(26)23-24-22(27)30-15(3)19(28)25-14-9-8-10-16(25)5-2/h6-7,11-12,15-16H,4-5,8-10,13-14H2,1-3H3. The second-order valence-electron chi connectivity index (χ2n) is 7.94. The molecule has 0 N–H and O–H groups in total. The Bertz CT molecular complexity index is 1120. The van der Waals surface area contributed by atoms with Gasteiger partial charge in [-0.2, -0.15) is 0 Å². The summed E-state index contributed by atoms with van der Waals surface area (Å²) in [7, 11) is 0. The van der Waals surface area contributed by atoms with E-state index in [0.29, 0.717) is 28.9 Å². The molecule has 3 heterocycles. The predicted molar refractivity (Wildman–Crippen MR) is 120 cm³/mol. The first-order valence-electron chi connectivity index (χ1n) is 10.9. The van der Waals surface area contributed by atoms with E-state index in [-0.39, 0.29) is 16.7 Å². The number of likely N-dealkylation sites (tertiary alicyclic amines) is 1. The zero-order chi connectivity index (χ0) is 21.3. The van der Waals surface area contributed by atoms with Crippen LogP contribution in [0.3, 0.4) is 0 Å². The van der Waals surface area contributed by atoms with Gasteiger partial charge in [-0.3, -0.25) is 18.6 Å². The molecule has 0 bridgehead atoms. The van der Waals surface area contributed by atoms with Gasteiger partial charge in [-0.15, -0.1) is 10.2 Å². The van der Waals surface area contributed by atoms with Crippen LogP contribution >= 0.6 is 11.8 Å². The molecule has 0 radical (unpaired) electrons. The van der Waals surface area contributed by atoms with Gasteiger partial charge in [0.05, 0.1) is 16.2 Å². The molecule has 3 aromatic rings. The lowest BCUT2D eigenvalue weighted by molar-refractivity contribution is -0.134. The minimum atomic E-state index is -0.269. The first-order chi connectivity index (χ1) is 14.6. The van der Waals surface area contributed by atoms with Crippen LogP contribution in [0, 0.1) is 0 Å². The number of hydrogen-bond donors (Lipinski definition) is 0. The van der Waals surface area contributed by atoms with Crippen molar-refractivity contribution in [3.05, 3.63) is 34.6 Å². The Kier molecular flexibility index (Phi) is 6.13. The largest absolute Gasteiger partial charge is 0.339 e. The molecule has 8 heteroatoms. The van der Waals surface area contributed by atoms with Gasteiger partial charge in [-0.1, -0.05) is 37.7 Å². The molecule has 1 aliphatic rings. The molecule has 0 spiro atoms. The molecule has 1 amide bonds. The fraction of sp³-hybridized carbons (Fsp3) is 0.545. The molecular weight excluding hydrogens is 398 g/mol. The van der Waals surface area contributed by atoms with Crippen LogP contribution in [0.15, 0.2) is 34.2 Å². The number of rotatable bonds is 6. The van der Waals surface area contributed by atoms with Crippen LogP contribution in [0.25, 0.3) is 16.7 Å². The van der Waals surface area contributed by atoms with Crippen LogP contribution in [-0.4, -0.2) is 47.8 Å². The highest BCUT2D eigenvalue weighted by Gasteiger charge is 2.30. The summed E-state index contributed by atoms with van der Waals surface area (Å²) in [6.45, 7) is 7.55. The number of hydrogen-bond acceptors (Lipinski definition) is 5. The number of amides is 1. The average Bonchev–Trinajstić information content (AvgIpc) is 3.19. The lowest BCUT2D eigenvalue weighted by atomic mass is 10.00. The fourth-order valence-electron chi connectivity index (χ4n) is 4.39. The van der Waals surface area contributed by atoms with Gasteiger partial charge in [-0.25, -0.2) is 0 Å². The van der Waals surface area contributed by atoms with E-state index in [1.807, 2.05) is 42.5 Å². The summed E-state index contributed by atoms with van der Waals surface area (Å²) in [4.78, 5) is 28.2. The Morgan fingerprint density at radius 1 is 1.23 bits per heavy atom. The third kappa shape index (κ3) is 3.62. The van der Waals surface area contributed by atoms with E-state index in [2.05, 4.69) is 22.0 Å². The van der Waals surface area contributed by atoms with Crippen LogP contribution in [0.5, 0.6) is 0 Å². The molecule has 0 aliphatic carbocycles. The van der Waals surface area contributed by atoms with Crippen LogP contribution in [-0.2, 0) is 11.3 Å². The number of carbonyl (C=O) groups is 1. The van der Waals surface area contributed by atoms with Gasteiger partial charge in [0.1, 0.15) is 0 Å². The number of carbonyl (C=O) groups excluding carboxylic acids is 1. The molecule has 7 nitrogen and oxygen atoms in total. The quantitative estimate of drug-likeness (QED) is 0.561. The number of benzene rings is 1.